The third-order valence-corrected chi connectivity index (χ3v) is 3.45. The number of hydrogen-bond acceptors (Lipinski definition) is 4. The maximum absolute atomic E-state index is 13.2. The minimum Gasteiger partial charge on any atom is -0.325 e. The molecule has 0 aromatic heterocycles. The Balaban J connectivity index is 2.24. The van der Waals surface area contributed by atoms with E-state index < -0.39 is 29.0 Å². The van der Waals surface area contributed by atoms with Gasteiger partial charge in [-0.25, -0.2) is 0 Å². The molecule has 9 heteroatoms. The molecule has 0 saturated carbocycles. The van der Waals surface area contributed by atoms with Gasteiger partial charge in [0.25, 0.3) is 5.69 Å². The Morgan fingerprint density at radius 3 is 2.67 bits per heavy atom. The first-order valence-corrected chi connectivity index (χ1v) is 6.10. The van der Waals surface area contributed by atoms with E-state index in [-0.39, 0.29) is 24.3 Å². The van der Waals surface area contributed by atoms with Gasteiger partial charge in [0.2, 0.25) is 5.91 Å². The van der Waals surface area contributed by atoms with Crippen LogP contribution >= 0.6 is 0 Å². The number of carbonyl (C=O) groups excluding carboxylic acids is 1. The number of carbonyl (C=O) groups is 1. The molecule has 1 aliphatic heterocycles. The van der Waals surface area contributed by atoms with Crippen molar-refractivity contribution in [2.24, 2.45) is 5.41 Å². The number of nitrogens with one attached hydrogen (secondary N) is 2. The van der Waals surface area contributed by atoms with Crippen molar-refractivity contribution in [3.05, 3.63) is 34.4 Å². The monoisotopic (exact) mass is 303 g/mol. The zero-order valence-corrected chi connectivity index (χ0v) is 10.7. The van der Waals surface area contributed by atoms with Gasteiger partial charge in [0.15, 0.2) is 5.41 Å². The SMILES string of the molecule is O=C(Nc1cccc([N+](=O)[O-])c1)C1(C(F)(F)F)CCNC1. The van der Waals surface area contributed by atoms with Crippen LogP contribution in [0.5, 0.6) is 0 Å². The number of nitro benzene ring substituents is 1. The molecule has 0 aliphatic carbocycles. The molecule has 0 radical (unpaired) electrons. The second-order valence-corrected chi connectivity index (χ2v) is 4.77. The van der Waals surface area contributed by atoms with Gasteiger partial charge in [-0.1, -0.05) is 6.07 Å². The number of halogens is 3. The Morgan fingerprint density at radius 2 is 2.14 bits per heavy atom. The molecule has 1 amide bonds. The van der Waals surface area contributed by atoms with Gasteiger partial charge in [-0.3, -0.25) is 14.9 Å². The van der Waals surface area contributed by atoms with Crippen LogP contribution in [0.25, 0.3) is 0 Å². The molecular formula is C12H12F3N3O3. The molecule has 6 nitrogen and oxygen atoms in total. The minimum absolute atomic E-state index is 0.0373. The average Bonchev–Trinajstić information content (AvgIpc) is 2.89. The number of amides is 1. The van der Waals surface area contributed by atoms with Crippen LogP contribution < -0.4 is 10.6 Å². The summed E-state index contributed by atoms with van der Waals surface area (Å²) in [5.74, 6) is -1.21. The summed E-state index contributed by atoms with van der Waals surface area (Å²) >= 11 is 0. The van der Waals surface area contributed by atoms with Crippen LogP contribution in [-0.4, -0.2) is 30.1 Å². The van der Waals surface area contributed by atoms with E-state index in [1.165, 1.54) is 18.2 Å². The van der Waals surface area contributed by atoms with E-state index in [1.54, 1.807) is 0 Å². The van der Waals surface area contributed by atoms with Crippen molar-refractivity contribution < 1.29 is 22.9 Å². The molecule has 21 heavy (non-hydrogen) atoms. The fraction of sp³-hybridized carbons (Fsp3) is 0.417. The van der Waals surface area contributed by atoms with E-state index in [0.717, 1.165) is 6.07 Å². The van der Waals surface area contributed by atoms with Gasteiger partial charge in [0.05, 0.1) is 4.92 Å². The first-order chi connectivity index (χ1) is 9.76. The molecule has 0 spiro atoms. The highest BCUT2D eigenvalue weighted by Crippen LogP contribution is 2.43. The Hall–Kier alpha value is -2.16. The average molecular weight is 303 g/mol. The van der Waals surface area contributed by atoms with Crippen LogP contribution in [0, 0.1) is 15.5 Å². The predicted molar refractivity (Wildman–Crippen MR) is 67.7 cm³/mol. The molecule has 1 aliphatic rings. The van der Waals surface area contributed by atoms with Crippen molar-refractivity contribution in [1.29, 1.82) is 0 Å². The fourth-order valence-corrected chi connectivity index (χ4v) is 2.20. The number of hydrogen-bond donors (Lipinski definition) is 2. The maximum Gasteiger partial charge on any atom is 0.404 e. The number of rotatable bonds is 3. The number of non-ortho nitro benzene ring substituents is 1. The third kappa shape index (κ3) is 2.82. The van der Waals surface area contributed by atoms with Crippen molar-refractivity contribution in [3.63, 3.8) is 0 Å². The largest absolute Gasteiger partial charge is 0.404 e. The van der Waals surface area contributed by atoms with Crippen molar-refractivity contribution in [3.8, 4) is 0 Å². The Bertz CT molecular complexity index is 568. The summed E-state index contributed by atoms with van der Waals surface area (Å²) in [6, 6.07) is 4.80. The quantitative estimate of drug-likeness (QED) is 0.661. The van der Waals surface area contributed by atoms with Gasteiger partial charge in [-0.05, 0) is 19.0 Å². The molecule has 0 bridgehead atoms. The molecule has 114 valence electrons. The van der Waals surface area contributed by atoms with Gasteiger partial charge in [0, 0.05) is 24.4 Å². The lowest BCUT2D eigenvalue weighted by molar-refractivity contribution is -0.384. The molecule has 1 fully saturated rings. The number of nitro groups is 1. The van der Waals surface area contributed by atoms with Gasteiger partial charge < -0.3 is 10.6 Å². The summed E-state index contributed by atoms with van der Waals surface area (Å²) < 4.78 is 39.5. The third-order valence-electron chi connectivity index (χ3n) is 3.45. The highest BCUT2D eigenvalue weighted by molar-refractivity contribution is 5.96. The first-order valence-electron chi connectivity index (χ1n) is 6.10. The highest BCUT2D eigenvalue weighted by Gasteiger charge is 2.61. The summed E-state index contributed by atoms with van der Waals surface area (Å²) in [6.07, 6.45) is -5.06. The van der Waals surface area contributed by atoms with Gasteiger partial charge in [-0.2, -0.15) is 13.2 Å². The lowest BCUT2D eigenvalue weighted by atomic mass is 9.85. The van der Waals surface area contributed by atoms with Crippen LogP contribution in [0.15, 0.2) is 24.3 Å². The van der Waals surface area contributed by atoms with E-state index in [0.29, 0.717) is 0 Å². The smallest absolute Gasteiger partial charge is 0.325 e. The zero-order chi connectivity index (χ0) is 15.7. The molecule has 1 saturated heterocycles. The number of alkyl halides is 3. The van der Waals surface area contributed by atoms with Crippen molar-refractivity contribution in [2.45, 2.75) is 12.6 Å². The van der Waals surface area contributed by atoms with Crippen LogP contribution in [-0.2, 0) is 4.79 Å². The fourth-order valence-electron chi connectivity index (χ4n) is 2.20. The summed E-state index contributed by atoms with van der Waals surface area (Å²) in [4.78, 5) is 22.0. The van der Waals surface area contributed by atoms with Crippen molar-refractivity contribution >= 4 is 17.3 Å². The number of nitrogens with zero attached hydrogens (tertiary/aromatic N) is 1. The van der Waals surface area contributed by atoms with E-state index in [1.807, 2.05) is 0 Å². The summed E-state index contributed by atoms with van der Waals surface area (Å²) in [7, 11) is 0. The molecular weight excluding hydrogens is 291 g/mol. The summed E-state index contributed by atoms with van der Waals surface area (Å²) in [5, 5.41) is 15.3. The van der Waals surface area contributed by atoms with Crippen LogP contribution in [0.2, 0.25) is 0 Å². The van der Waals surface area contributed by atoms with Crippen molar-refractivity contribution in [2.75, 3.05) is 18.4 Å². The molecule has 2 rings (SSSR count). The molecule has 1 heterocycles. The first kappa shape index (κ1) is 15.2. The Labute approximate surface area is 117 Å². The predicted octanol–water partition coefficient (Wildman–Crippen LogP) is 2.08. The summed E-state index contributed by atoms with van der Waals surface area (Å²) in [6.45, 7) is -0.418. The summed E-state index contributed by atoms with van der Waals surface area (Å²) in [5.41, 5.74) is -2.85. The maximum atomic E-state index is 13.2. The van der Waals surface area contributed by atoms with Crippen LogP contribution in [0.3, 0.4) is 0 Å². The number of anilines is 1. The molecule has 2 N–H and O–H groups in total. The Morgan fingerprint density at radius 1 is 1.43 bits per heavy atom. The molecule has 1 atom stereocenters. The van der Waals surface area contributed by atoms with E-state index in [9.17, 15) is 28.1 Å². The standard InChI is InChI=1S/C12H12F3N3O3/c13-12(14,15)11(4-5-16-7-11)10(19)17-8-2-1-3-9(6-8)18(20)21/h1-3,6,16H,4-5,7H2,(H,17,19). The highest BCUT2D eigenvalue weighted by atomic mass is 19.4. The van der Waals surface area contributed by atoms with Crippen molar-refractivity contribution in [1.82, 2.24) is 5.32 Å². The van der Waals surface area contributed by atoms with Crippen LogP contribution in [0.1, 0.15) is 6.42 Å². The zero-order valence-electron chi connectivity index (χ0n) is 10.7. The van der Waals surface area contributed by atoms with Gasteiger partial charge in [-0.15, -0.1) is 0 Å². The van der Waals surface area contributed by atoms with Gasteiger partial charge >= 0.3 is 6.18 Å². The normalized spacial score (nSPS) is 22.0. The van der Waals surface area contributed by atoms with E-state index >= 15 is 0 Å². The lowest BCUT2D eigenvalue weighted by Crippen LogP contribution is -2.49. The molecule has 1 unspecified atom stereocenters. The second kappa shape index (κ2) is 5.32. The molecule has 1 aromatic carbocycles. The minimum atomic E-state index is -4.69. The van der Waals surface area contributed by atoms with Gasteiger partial charge in [0.1, 0.15) is 0 Å². The van der Waals surface area contributed by atoms with E-state index in [2.05, 4.69) is 10.6 Å². The van der Waals surface area contributed by atoms with E-state index in [4.69, 9.17) is 0 Å². The number of benzene rings is 1. The topological polar surface area (TPSA) is 84.3 Å². The lowest BCUT2D eigenvalue weighted by Gasteiger charge is -2.29. The second-order valence-electron chi connectivity index (χ2n) is 4.77. The van der Waals surface area contributed by atoms with Crippen LogP contribution in [0.4, 0.5) is 24.5 Å². The Kier molecular flexibility index (Phi) is 3.86. The molecule has 1 aromatic rings.